The first-order valence-corrected chi connectivity index (χ1v) is 9.06. The van der Waals surface area contributed by atoms with Crippen LogP contribution < -0.4 is 10.0 Å². The lowest BCUT2D eigenvalue weighted by Gasteiger charge is -2.32. The van der Waals surface area contributed by atoms with Crippen molar-refractivity contribution in [2.24, 2.45) is 0 Å². The number of piperidine rings is 1. The first kappa shape index (κ1) is 17.6. The molecular formula is C14H22N4O4S. The molecule has 1 atom stereocenters. The summed E-state index contributed by atoms with van der Waals surface area (Å²) in [5, 5.41) is 14.5. The van der Waals surface area contributed by atoms with Crippen molar-refractivity contribution in [1.29, 1.82) is 0 Å². The Balaban J connectivity index is 2.26. The van der Waals surface area contributed by atoms with Gasteiger partial charge in [0.25, 0.3) is 5.69 Å². The monoisotopic (exact) mass is 342 g/mol. The molecule has 1 fully saturated rings. The third-order valence-electron chi connectivity index (χ3n) is 4.06. The third kappa shape index (κ3) is 4.18. The minimum absolute atomic E-state index is 0.115. The number of likely N-dealkylation sites (tertiary alicyclic amines) is 1. The predicted molar refractivity (Wildman–Crippen MR) is 88.1 cm³/mol. The van der Waals surface area contributed by atoms with Crippen LogP contribution in [0.15, 0.2) is 23.1 Å². The van der Waals surface area contributed by atoms with Gasteiger partial charge in [0.15, 0.2) is 0 Å². The van der Waals surface area contributed by atoms with Gasteiger partial charge in [-0.1, -0.05) is 6.92 Å². The van der Waals surface area contributed by atoms with E-state index in [-0.39, 0.29) is 16.6 Å². The fourth-order valence-electron chi connectivity index (χ4n) is 2.75. The van der Waals surface area contributed by atoms with Gasteiger partial charge in [-0.25, -0.2) is 13.1 Å². The Hall–Kier alpha value is -1.71. The molecule has 1 aliphatic rings. The molecular weight excluding hydrogens is 320 g/mol. The van der Waals surface area contributed by atoms with Gasteiger partial charge in [-0.15, -0.1) is 0 Å². The number of nitrogens with zero attached hydrogens (tertiary/aromatic N) is 2. The van der Waals surface area contributed by atoms with Crippen molar-refractivity contribution in [3.63, 3.8) is 0 Å². The molecule has 1 aromatic carbocycles. The van der Waals surface area contributed by atoms with Crippen molar-refractivity contribution in [1.82, 2.24) is 9.62 Å². The van der Waals surface area contributed by atoms with Gasteiger partial charge < -0.3 is 10.2 Å². The summed E-state index contributed by atoms with van der Waals surface area (Å²) in [5.74, 6) is 0. The molecule has 9 heteroatoms. The summed E-state index contributed by atoms with van der Waals surface area (Å²) >= 11 is 0. The van der Waals surface area contributed by atoms with E-state index in [1.54, 1.807) is 0 Å². The van der Waals surface area contributed by atoms with Crippen LogP contribution in [0.2, 0.25) is 0 Å². The maximum absolute atomic E-state index is 11.8. The second kappa shape index (κ2) is 7.24. The van der Waals surface area contributed by atoms with Gasteiger partial charge >= 0.3 is 0 Å². The van der Waals surface area contributed by atoms with Crippen LogP contribution in [0.1, 0.15) is 19.8 Å². The van der Waals surface area contributed by atoms with E-state index in [0.29, 0.717) is 5.69 Å². The molecule has 2 N–H and O–H groups in total. The molecule has 1 saturated heterocycles. The number of nitro benzene ring substituents is 1. The van der Waals surface area contributed by atoms with Crippen LogP contribution in [0.4, 0.5) is 11.4 Å². The molecule has 0 amide bonds. The molecule has 0 aromatic heterocycles. The van der Waals surface area contributed by atoms with Crippen molar-refractivity contribution in [3.8, 4) is 0 Å². The molecule has 1 aromatic rings. The molecule has 0 spiro atoms. The molecule has 8 nitrogen and oxygen atoms in total. The van der Waals surface area contributed by atoms with Crippen LogP contribution in [0, 0.1) is 10.1 Å². The highest BCUT2D eigenvalue weighted by Gasteiger charge is 2.24. The van der Waals surface area contributed by atoms with E-state index in [0.717, 1.165) is 38.5 Å². The largest absolute Gasteiger partial charge is 0.375 e. The van der Waals surface area contributed by atoms with Gasteiger partial charge in [-0.05, 0) is 45.1 Å². The standard InChI is InChI=1S/C14H22N4O4S/c1-3-17-8-4-5-11(10-17)16-13-7-6-12(23(21,22)15-2)9-14(13)18(19)20/h6-7,9,11,15-16H,3-5,8,10H2,1-2H3/t11-/m1/s1. The molecule has 2 rings (SSSR count). The van der Waals surface area contributed by atoms with E-state index in [1.807, 2.05) is 0 Å². The summed E-state index contributed by atoms with van der Waals surface area (Å²) in [6.45, 7) is 4.89. The molecule has 0 unspecified atom stereocenters. The van der Waals surface area contributed by atoms with E-state index in [9.17, 15) is 18.5 Å². The van der Waals surface area contributed by atoms with Crippen LogP contribution in [0.5, 0.6) is 0 Å². The Bertz CT molecular complexity index is 677. The van der Waals surface area contributed by atoms with E-state index in [2.05, 4.69) is 21.9 Å². The van der Waals surface area contributed by atoms with E-state index in [1.165, 1.54) is 19.2 Å². The number of hydrogen-bond acceptors (Lipinski definition) is 6. The normalized spacial score (nSPS) is 19.5. The molecule has 0 radical (unpaired) electrons. The summed E-state index contributed by atoms with van der Waals surface area (Å²) in [7, 11) is -2.43. The number of likely N-dealkylation sites (N-methyl/N-ethyl adjacent to an activating group) is 1. The number of nitro groups is 1. The van der Waals surface area contributed by atoms with E-state index in [4.69, 9.17) is 0 Å². The van der Waals surface area contributed by atoms with Crippen LogP contribution in [-0.4, -0.2) is 51.0 Å². The molecule has 128 valence electrons. The van der Waals surface area contributed by atoms with Crippen molar-refractivity contribution < 1.29 is 13.3 Å². The van der Waals surface area contributed by atoms with Gasteiger partial charge in [0, 0.05) is 18.7 Å². The molecule has 0 aliphatic carbocycles. The molecule has 23 heavy (non-hydrogen) atoms. The average Bonchev–Trinajstić information content (AvgIpc) is 2.55. The van der Waals surface area contributed by atoms with Crippen molar-refractivity contribution in [2.75, 3.05) is 32.0 Å². The van der Waals surface area contributed by atoms with Gasteiger partial charge in [-0.3, -0.25) is 10.1 Å². The van der Waals surface area contributed by atoms with Crippen LogP contribution in [0.25, 0.3) is 0 Å². The zero-order valence-corrected chi connectivity index (χ0v) is 14.1. The number of benzene rings is 1. The van der Waals surface area contributed by atoms with Gasteiger partial charge in [0.2, 0.25) is 10.0 Å². The lowest BCUT2D eigenvalue weighted by Crippen LogP contribution is -2.41. The quantitative estimate of drug-likeness (QED) is 0.598. The van der Waals surface area contributed by atoms with Gasteiger partial charge in [0.1, 0.15) is 5.69 Å². The molecule has 0 bridgehead atoms. The van der Waals surface area contributed by atoms with Crippen molar-refractivity contribution in [3.05, 3.63) is 28.3 Å². The summed E-state index contributed by atoms with van der Waals surface area (Å²) in [5.41, 5.74) is 0.128. The summed E-state index contributed by atoms with van der Waals surface area (Å²) in [6, 6.07) is 4.05. The maximum Gasteiger partial charge on any atom is 0.293 e. The van der Waals surface area contributed by atoms with Gasteiger partial charge in [-0.2, -0.15) is 0 Å². The number of hydrogen-bond donors (Lipinski definition) is 2. The summed E-state index contributed by atoms with van der Waals surface area (Å²) in [4.78, 5) is 12.9. The molecule has 1 aliphatic heterocycles. The van der Waals surface area contributed by atoms with E-state index < -0.39 is 14.9 Å². The number of nitrogens with one attached hydrogen (secondary N) is 2. The minimum Gasteiger partial charge on any atom is -0.375 e. The summed E-state index contributed by atoms with van der Waals surface area (Å²) in [6.07, 6.45) is 1.97. The fraction of sp³-hybridized carbons (Fsp3) is 0.571. The first-order valence-electron chi connectivity index (χ1n) is 7.58. The third-order valence-corrected chi connectivity index (χ3v) is 5.47. The van der Waals surface area contributed by atoms with Crippen LogP contribution in [-0.2, 0) is 10.0 Å². The predicted octanol–water partition coefficient (Wildman–Crippen LogP) is 1.40. The minimum atomic E-state index is -3.71. The average molecular weight is 342 g/mol. The Morgan fingerprint density at radius 3 is 2.78 bits per heavy atom. The highest BCUT2D eigenvalue weighted by Crippen LogP contribution is 2.29. The smallest absolute Gasteiger partial charge is 0.293 e. The number of rotatable bonds is 6. The Morgan fingerprint density at radius 2 is 2.17 bits per heavy atom. The fourth-order valence-corrected chi connectivity index (χ4v) is 3.50. The highest BCUT2D eigenvalue weighted by atomic mass is 32.2. The van der Waals surface area contributed by atoms with Crippen LogP contribution >= 0.6 is 0 Å². The second-order valence-electron chi connectivity index (χ2n) is 5.52. The molecule has 1 heterocycles. The van der Waals surface area contributed by atoms with Crippen molar-refractivity contribution in [2.45, 2.75) is 30.7 Å². The SMILES string of the molecule is CCN1CCC[C@@H](Nc2ccc(S(=O)(=O)NC)cc2[N+](=O)[O-])C1. The maximum atomic E-state index is 11.8. The van der Waals surface area contributed by atoms with Gasteiger partial charge in [0.05, 0.1) is 9.82 Å². The lowest BCUT2D eigenvalue weighted by molar-refractivity contribution is -0.384. The van der Waals surface area contributed by atoms with Crippen LogP contribution in [0.3, 0.4) is 0 Å². The zero-order valence-electron chi connectivity index (χ0n) is 13.3. The van der Waals surface area contributed by atoms with Crippen molar-refractivity contribution >= 4 is 21.4 Å². The topological polar surface area (TPSA) is 105 Å². The lowest BCUT2D eigenvalue weighted by atomic mass is 10.1. The Morgan fingerprint density at radius 1 is 1.43 bits per heavy atom. The molecule has 0 saturated carbocycles. The summed E-state index contributed by atoms with van der Waals surface area (Å²) < 4.78 is 25.8. The Kier molecular flexibility index (Phi) is 5.55. The van der Waals surface area contributed by atoms with E-state index >= 15 is 0 Å². The first-order chi connectivity index (χ1) is 10.9. The second-order valence-corrected chi connectivity index (χ2v) is 7.41. The number of sulfonamides is 1. The Labute approximate surface area is 136 Å². The number of anilines is 1. The zero-order chi connectivity index (χ0) is 17.0. The highest BCUT2D eigenvalue weighted by molar-refractivity contribution is 7.89.